The number of rotatable bonds is 5. The number of thiophene rings is 1. The Morgan fingerprint density at radius 3 is 2.68 bits per heavy atom. The molecule has 0 saturated carbocycles. The van der Waals surface area contributed by atoms with Crippen LogP contribution in [0.1, 0.15) is 54.6 Å². The van der Waals surface area contributed by atoms with Crippen molar-refractivity contribution in [2.75, 3.05) is 6.54 Å². The Hall–Kier alpha value is -2.74. The summed E-state index contributed by atoms with van der Waals surface area (Å²) in [6, 6.07) is 3.62. The van der Waals surface area contributed by atoms with E-state index in [0.717, 1.165) is 4.88 Å². The van der Waals surface area contributed by atoms with E-state index in [9.17, 15) is 9.59 Å². The molecule has 0 saturated heterocycles. The molecule has 3 heterocycles. The van der Waals surface area contributed by atoms with Crippen LogP contribution in [-0.2, 0) is 0 Å². The molecule has 3 aromatic rings. The Labute approximate surface area is 168 Å². The van der Waals surface area contributed by atoms with E-state index in [1.807, 2.05) is 19.9 Å². The summed E-state index contributed by atoms with van der Waals surface area (Å²) in [7, 11) is 0. The van der Waals surface area contributed by atoms with Crippen molar-refractivity contribution in [2.24, 2.45) is 5.41 Å². The van der Waals surface area contributed by atoms with Gasteiger partial charge >= 0.3 is 0 Å². The molecular weight excluding hydrogens is 374 g/mol. The fourth-order valence-electron chi connectivity index (χ4n) is 2.52. The number of hydrogen-bond acceptors (Lipinski definition) is 5. The molecule has 2 amide bonds. The van der Waals surface area contributed by atoms with E-state index >= 15 is 0 Å². The molecule has 0 bridgehead atoms. The van der Waals surface area contributed by atoms with E-state index in [4.69, 9.17) is 0 Å². The highest BCUT2D eigenvalue weighted by molar-refractivity contribution is 7.17. The van der Waals surface area contributed by atoms with Crippen LogP contribution in [0.5, 0.6) is 0 Å². The molecule has 0 radical (unpaired) electrons. The molecule has 0 aliphatic heterocycles. The van der Waals surface area contributed by atoms with Gasteiger partial charge in [-0.05, 0) is 31.4 Å². The lowest BCUT2D eigenvalue weighted by molar-refractivity contribution is 0.0910. The van der Waals surface area contributed by atoms with Crippen molar-refractivity contribution in [1.29, 1.82) is 0 Å². The maximum Gasteiger partial charge on any atom is 0.261 e. The molecule has 0 aromatic carbocycles. The van der Waals surface area contributed by atoms with E-state index in [-0.39, 0.29) is 23.3 Å². The lowest BCUT2D eigenvalue weighted by Gasteiger charge is -2.27. The van der Waals surface area contributed by atoms with Crippen LogP contribution in [0.25, 0.3) is 21.7 Å². The van der Waals surface area contributed by atoms with Crippen LogP contribution in [0.2, 0.25) is 0 Å². The number of nitrogens with zero attached hydrogens (tertiary/aromatic N) is 2. The van der Waals surface area contributed by atoms with Crippen molar-refractivity contribution >= 4 is 34.3 Å². The zero-order valence-corrected chi connectivity index (χ0v) is 17.5. The highest BCUT2D eigenvalue weighted by atomic mass is 32.1. The zero-order chi connectivity index (χ0) is 20.5. The van der Waals surface area contributed by atoms with Crippen molar-refractivity contribution in [2.45, 2.75) is 40.7 Å². The lowest BCUT2D eigenvalue weighted by atomic mass is 9.88. The fourth-order valence-corrected chi connectivity index (χ4v) is 3.40. The first-order chi connectivity index (χ1) is 13.2. The third-order valence-corrected chi connectivity index (χ3v) is 5.80. The van der Waals surface area contributed by atoms with Crippen molar-refractivity contribution in [3.8, 4) is 10.6 Å². The fraction of sp³-hybridized carbons (Fsp3) is 0.400. The Morgan fingerprint density at radius 1 is 1.25 bits per heavy atom. The summed E-state index contributed by atoms with van der Waals surface area (Å²) >= 11 is 1.35. The molecule has 1 unspecified atom stereocenters. The quantitative estimate of drug-likeness (QED) is 0.610. The molecule has 3 rings (SSSR count). The van der Waals surface area contributed by atoms with Crippen molar-refractivity contribution < 1.29 is 9.59 Å². The zero-order valence-electron chi connectivity index (χ0n) is 16.7. The Morgan fingerprint density at radius 2 is 2.00 bits per heavy atom. The van der Waals surface area contributed by atoms with Gasteiger partial charge in [0.05, 0.1) is 27.2 Å². The lowest BCUT2D eigenvalue weighted by Crippen LogP contribution is -2.41. The predicted octanol–water partition coefficient (Wildman–Crippen LogP) is 3.60. The summed E-state index contributed by atoms with van der Waals surface area (Å²) in [5, 5.41) is 5.81. The van der Waals surface area contributed by atoms with Gasteiger partial charge in [-0.15, -0.1) is 11.3 Å². The number of carbonyl (C=O) groups excluding carboxylic acids is 2. The summed E-state index contributed by atoms with van der Waals surface area (Å²) in [5.41, 5.74) is 2.11. The molecule has 0 aliphatic rings. The highest BCUT2D eigenvalue weighted by Crippen LogP contribution is 2.28. The standard InChI is InChI=1S/C20H25N5O2S/c1-6-21-19(27)15-8-7-14(28-15)13-10-23-17-16(25-13)12(9-22-17)18(26)24-11(2)20(3,4)5/h7-11H,6H2,1-5H3,(H,21,27)(H,22,23)(H,24,26). The van der Waals surface area contributed by atoms with Gasteiger partial charge in [0.15, 0.2) is 5.65 Å². The number of hydrogen-bond donors (Lipinski definition) is 3. The molecule has 3 aromatic heterocycles. The summed E-state index contributed by atoms with van der Waals surface area (Å²) < 4.78 is 0. The first-order valence-electron chi connectivity index (χ1n) is 9.24. The average Bonchev–Trinajstić information content (AvgIpc) is 3.27. The molecule has 148 valence electrons. The molecule has 0 fully saturated rings. The van der Waals surface area contributed by atoms with Crippen LogP contribution in [-0.4, -0.2) is 39.4 Å². The van der Waals surface area contributed by atoms with E-state index in [2.05, 4.69) is 46.4 Å². The summed E-state index contributed by atoms with van der Waals surface area (Å²) in [4.78, 5) is 38.2. The van der Waals surface area contributed by atoms with Crippen LogP contribution in [0, 0.1) is 5.41 Å². The van der Waals surface area contributed by atoms with Gasteiger partial charge in [-0.25, -0.2) is 9.97 Å². The van der Waals surface area contributed by atoms with Crippen LogP contribution >= 0.6 is 11.3 Å². The van der Waals surface area contributed by atoms with Crippen LogP contribution in [0.4, 0.5) is 0 Å². The number of carbonyl (C=O) groups is 2. The molecular formula is C20H25N5O2S. The number of amides is 2. The topological polar surface area (TPSA) is 99.8 Å². The summed E-state index contributed by atoms with van der Waals surface area (Å²) in [5.74, 6) is -0.292. The minimum Gasteiger partial charge on any atom is -0.352 e. The predicted molar refractivity (Wildman–Crippen MR) is 112 cm³/mol. The number of fused-ring (bicyclic) bond motifs is 1. The molecule has 28 heavy (non-hydrogen) atoms. The van der Waals surface area contributed by atoms with Gasteiger partial charge in [0, 0.05) is 18.8 Å². The van der Waals surface area contributed by atoms with Gasteiger partial charge in [-0.3, -0.25) is 9.59 Å². The Kier molecular flexibility index (Phi) is 5.51. The molecule has 3 N–H and O–H groups in total. The monoisotopic (exact) mass is 399 g/mol. The second-order valence-electron chi connectivity index (χ2n) is 7.74. The van der Waals surface area contributed by atoms with Gasteiger partial charge < -0.3 is 15.6 Å². The SMILES string of the molecule is CCNC(=O)c1ccc(-c2cnc3[nH]cc(C(=O)NC(C)C(C)(C)C)c3n2)s1. The van der Waals surface area contributed by atoms with Gasteiger partial charge in [0.2, 0.25) is 0 Å². The number of aromatic nitrogens is 3. The minimum absolute atomic E-state index is 0.00183. The highest BCUT2D eigenvalue weighted by Gasteiger charge is 2.24. The van der Waals surface area contributed by atoms with Gasteiger partial charge in [0.1, 0.15) is 5.52 Å². The molecule has 7 nitrogen and oxygen atoms in total. The van der Waals surface area contributed by atoms with Crippen molar-refractivity contribution in [3.63, 3.8) is 0 Å². The van der Waals surface area contributed by atoms with E-state index in [1.165, 1.54) is 11.3 Å². The van der Waals surface area contributed by atoms with Crippen LogP contribution < -0.4 is 10.6 Å². The van der Waals surface area contributed by atoms with Crippen molar-refractivity contribution in [3.05, 3.63) is 35.0 Å². The van der Waals surface area contributed by atoms with Crippen molar-refractivity contribution in [1.82, 2.24) is 25.6 Å². The first kappa shape index (κ1) is 20.0. The van der Waals surface area contributed by atoms with E-state index in [1.54, 1.807) is 18.5 Å². The number of H-pyrrole nitrogens is 1. The van der Waals surface area contributed by atoms with Gasteiger partial charge in [-0.1, -0.05) is 20.8 Å². The molecule has 0 aliphatic carbocycles. The Bertz CT molecular complexity index is 1020. The smallest absolute Gasteiger partial charge is 0.261 e. The second-order valence-corrected chi connectivity index (χ2v) is 8.82. The van der Waals surface area contributed by atoms with E-state index < -0.39 is 0 Å². The largest absolute Gasteiger partial charge is 0.352 e. The maximum absolute atomic E-state index is 12.7. The molecule has 0 spiro atoms. The number of nitrogens with one attached hydrogen (secondary N) is 3. The van der Waals surface area contributed by atoms with Crippen LogP contribution in [0.3, 0.4) is 0 Å². The third kappa shape index (κ3) is 4.06. The summed E-state index contributed by atoms with van der Waals surface area (Å²) in [6.45, 7) is 10.7. The van der Waals surface area contributed by atoms with Crippen LogP contribution in [0.15, 0.2) is 24.5 Å². The first-order valence-corrected chi connectivity index (χ1v) is 10.1. The van der Waals surface area contributed by atoms with E-state index in [0.29, 0.717) is 33.8 Å². The normalized spacial score (nSPS) is 12.8. The van der Waals surface area contributed by atoms with Gasteiger partial charge in [-0.2, -0.15) is 0 Å². The molecule has 8 heteroatoms. The average molecular weight is 400 g/mol. The third-order valence-electron chi connectivity index (χ3n) is 4.69. The van der Waals surface area contributed by atoms with Gasteiger partial charge in [0.25, 0.3) is 11.8 Å². The molecule has 1 atom stereocenters. The summed E-state index contributed by atoms with van der Waals surface area (Å²) in [6.07, 6.45) is 3.28. The minimum atomic E-state index is -0.186. The maximum atomic E-state index is 12.7. The number of aromatic amines is 1. The second kappa shape index (κ2) is 7.71. The Balaban J connectivity index is 1.91.